The Kier molecular flexibility index (Phi) is 4.71. The largest absolute Gasteiger partial charge is 0.352 e. The molecular weight excluding hydrogens is 378 g/mol. The van der Waals surface area contributed by atoms with Crippen LogP contribution in [-0.4, -0.2) is 65.8 Å². The van der Waals surface area contributed by atoms with Gasteiger partial charge in [-0.25, -0.2) is 18.1 Å². The van der Waals surface area contributed by atoms with E-state index in [0.717, 1.165) is 11.5 Å². The van der Waals surface area contributed by atoms with Gasteiger partial charge in [-0.3, -0.25) is 0 Å². The van der Waals surface area contributed by atoms with Crippen LogP contribution in [0.5, 0.6) is 0 Å². The Morgan fingerprint density at radius 1 is 0.929 bits per heavy atom. The molecule has 4 rings (SSSR count). The molecule has 0 spiro atoms. The maximum atomic E-state index is 12.0. The van der Waals surface area contributed by atoms with Crippen LogP contribution in [-0.2, 0) is 9.84 Å². The molecule has 3 aromatic heterocycles. The Morgan fingerprint density at radius 3 is 2.21 bits per heavy atom. The summed E-state index contributed by atoms with van der Waals surface area (Å²) in [6, 6.07) is 8.98. The summed E-state index contributed by atoms with van der Waals surface area (Å²) >= 11 is 0. The van der Waals surface area contributed by atoms with Gasteiger partial charge in [0.2, 0.25) is 0 Å². The predicted octanol–water partition coefficient (Wildman–Crippen LogP) is 1.10. The normalized spacial score (nSPS) is 15.1. The molecule has 0 N–H and O–H groups in total. The SMILES string of the molecule is Cc1ccn(-c2ccc(N3CCN(c4ncccc4S(C)(=O)=O)CC3)nn2)n1. The van der Waals surface area contributed by atoms with Crippen LogP contribution in [0.1, 0.15) is 5.69 Å². The van der Waals surface area contributed by atoms with Gasteiger partial charge < -0.3 is 9.80 Å². The van der Waals surface area contributed by atoms with Gasteiger partial charge in [-0.05, 0) is 37.3 Å². The maximum Gasteiger partial charge on any atom is 0.179 e. The van der Waals surface area contributed by atoms with Crippen molar-refractivity contribution in [2.45, 2.75) is 11.8 Å². The highest BCUT2D eigenvalue weighted by molar-refractivity contribution is 7.90. The van der Waals surface area contributed by atoms with E-state index in [0.29, 0.717) is 37.8 Å². The first-order valence-electron chi connectivity index (χ1n) is 8.93. The number of hydrogen-bond acceptors (Lipinski definition) is 8. The van der Waals surface area contributed by atoms with E-state index in [2.05, 4.69) is 25.2 Å². The summed E-state index contributed by atoms with van der Waals surface area (Å²) in [7, 11) is -3.33. The number of aryl methyl sites for hydroxylation is 1. The highest BCUT2D eigenvalue weighted by Gasteiger charge is 2.24. The van der Waals surface area contributed by atoms with E-state index in [1.807, 2.05) is 36.2 Å². The van der Waals surface area contributed by atoms with Crippen molar-refractivity contribution in [2.75, 3.05) is 42.2 Å². The third-order valence-corrected chi connectivity index (χ3v) is 5.76. The minimum absolute atomic E-state index is 0.266. The highest BCUT2D eigenvalue weighted by atomic mass is 32.2. The fraction of sp³-hybridized carbons (Fsp3) is 0.333. The molecule has 0 saturated carbocycles. The molecule has 0 amide bonds. The smallest absolute Gasteiger partial charge is 0.179 e. The van der Waals surface area contributed by atoms with Crippen LogP contribution in [0, 0.1) is 6.92 Å². The van der Waals surface area contributed by atoms with E-state index >= 15 is 0 Å². The van der Waals surface area contributed by atoms with Gasteiger partial charge in [0.1, 0.15) is 10.7 Å². The van der Waals surface area contributed by atoms with Gasteiger partial charge in [0.05, 0.1) is 5.69 Å². The average molecular weight is 399 g/mol. The molecule has 28 heavy (non-hydrogen) atoms. The molecule has 1 saturated heterocycles. The topological polar surface area (TPSA) is 97.1 Å². The van der Waals surface area contributed by atoms with Gasteiger partial charge in [-0.15, -0.1) is 10.2 Å². The number of aromatic nitrogens is 5. The van der Waals surface area contributed by atoms with Crippen molar-refractivity contribution in [3.8, 4) is 5.82 Å². The minimum atomic E-state index is -3.33. The number of hydrogen-bond donors (Lipinski definition) is 0. The lowest BCUT2D eigenvalue weighted by molar-refractivity contribution is 0.597. The fourth-order valence-corrected chi connectivity index (χ4v) is 4.05. The van der Waals surface area contributed by atoms with Gasteiger partial charge in [0, 0.05) is 44.8 Å². The summed E-state index contributed by atoms with van der Waals surface area (Å²) in [6.45, 7) is 4.64. The summed E-state index contributed by atoms with van der Waals surface area (Å²) in [6.07, 6.45) is 4.68. The van der Waals surface area contributed by atoms with Crippen LogP contribution in [0.15, 0.2) is 47.6 Å². The monoisotopic (exact) mass is 399 g/mol. The van der Waals surface area contributed by atoms with Crippen molar-refractivity contribution < 1.29 is 8.42 Å². The summed E-state index contributed by atoms with van der Waals surface area (Å²) in [4.78, 5) is 8.70. The predicted molar refractivity (Wildman–Crippen MR) is 106 cm³/mol. The summed E-state index contributed by atoms with van der Waals surface area (Å²) in [5, 5.41) is 12.9. The quantitative estimate of drug-likeness (QED) is 0.643. The van der Waals surface area contributed by atoms with Crippen molar-refractivity contribution in [1.29, 1.82) is 0 Å². The van der Waals surface area contributed by atoms with Gasteiger partial charge in [-0.2, -0.15) is 5.10 Å². The van der Waals surface area contributed by atoms with Crippen LogP contribution in [0.4, 0.5) is 11.6 Å². The standard InChI is InChI=1S/C18H21N7O2S/c1-14-7-9-25(22-14)17-6-5-16(20-21-17)23-10-12-24(13-11-23)18-15(28(2,26)27)4-3-8-19-18/h3-9H,10-13H2,1-2H3. The number of nitrogens with zero attached hydrogens (tertiary/aromatic N) is 7. The number of rotatable bonds is 4. The molecule has 10 heteroatoms. The van der Waals surface area contributed by atoms with Crippen molar-refractivity contribution in [3.05, 3.63) is 48.4 Å². The number of sulfone groups is 1. The van der Waals surface area contributed by atoms with E-state index in [1.165, 1.54) is 6.26 Å². The average Bonchev–Trinajstić information content (AvgIpc) is 3.14. The van der Waals surface area contributed by atoms with Crippen molar-refractivity contribution in [1.82, 2.24) is 25.0 Å². The van der Waals surface area contributed by atoms with Gasteiger partial charge in [-0.1, -0.05) is 0 Å². The molecular formula is C18H21N7O2S. The molecule has 0 atom stereocenters. The molecule has 146 valence electrons. The highest BCUT2D eigenvalue weighted by Crippen LogP contribution is 2.24. The zero-order valence-corrected chi connectivity index (χ0v) is 16.5. The number of anilines is 2. The summed E-state index contributed by atoms with van der Waals surface area (Å²) in [5.41, 5.74) is 0.921. The lowest BCUT2D eigenvalue weighted by Crippen LogP contribution is -2.47. The lowest BCUT2D eigenvalue weighted by atomic mass is 10.3. The second-order valence-corrected chi connectivity index (χ2v) is 8.71. The molecule has 4 heterocycles. The lowest BCUT2D eigenvalue weighted by Gasteiger charge is -2.36. The van der Waals surface area contributed by atoms with Crippen molar-refractivity contribution in [3.63, 3.8) is 0 Å². The first kappa shape index (κ1) is 18.4. The summed E-state index contributed by atoms with van der Waals surface area (Å²) in [5.74, 6) is 1.97. The molecule has 0 unspecified atom stereocenters. The van der Waals surface area contributed by atoms with Crippen LogP contribution >= 0.6 is 0 Å². The Labute approximate surface area is 163 Å². The first-order valence-corrected chi connectivity index (χ1v) is 10.8. The minimum Gasteiger partial charge on any atom is -0.352 e. The number of pyridine rings is 1. The Bertz CT molecular complexity index is 1070. The zero-order valence-electron chi connectivity index (χ0n) is 15.7. The Hall–Kier alpha value is -3.01. The Morgan fingerprint density at radius 2 is 1.61 bits per heavy atom. The molecule has 0 bridgehead atoms. The van der Waals surface area contributed by atoms with Crippen molar-refractivity contribution in [2.24, 2.45) is 0 Å². The van der Waals surface area contributed by atoms with E-state index < -0.39 is 9.84 Å². The van der Waals surface area contributed by atoms with Crippen LogP contribution in [0.2, 0.25) is 0 Å². The van der Waals surface area contributed by atoms with E-state index in [4.69, 9.17) is 0 Å². The molecule has 0 aliphatic carbocycles. The molecule has 1 aliphatic rings. The van der Waals surface area contributed by atoms with Crippen LogP contribution < -0.4 is 9.80 Å². The second kappa shape index (κ2) is 7.19. The maximum absolute atomic E-state index is 12.0. The molecule has 1 aliphatic heterocycles. The molecule has 9 nitrogen and oxygen atoms in total. The molecule has 0 radical (unpaired) electrons. The first-order chi connectivity index (χ1) is 13.4. The van der Waals surface area contributed by atoms with E-state index in [-0.39, 0.29) is 4.90 Å². The van der Waals surface area contributed by atoms with Gasteiger partial charge in [0.25, 0.3) is 0 Å². The van der Waals surface area contributed by atoms with Gasteiger partial charge >= 0.3 is 0 Å². The second-order valence-electron chi connectivity index (χ2n) is 6.72. The number of piperazine rings is 1. The third-order valence-electron chi connectivity index (χ3n) is 4.65. The van der Waals surface area contributed by atoms with Crippen molar-refractivity contribution >= 4 is 21.5 Å². The zero-order chi connectivity index (χ0) is 19.7. The van der Waals surface area contributed by atoms with Crippen LogP contribution in [0.25, 0.3) is 5.82 Å². The Balaban J connectivity index is 1.46. The van der Waals surface area contributed by atoms with E-state index in [9.17, 15) is 8.42 Å². The molecule has 3 aromatic rings. The summed E-state index contributed by atoms with van der Waals surface area (Å²) < 4.78 is 25.8. The fourth-order valence-electron chi connectivity index (χ4n) is 3.21. The van der Waals surface area contributed by atoms with Gasteiger partial charge in [0.15, 0.2) is 21.5 Å². The van der Waals surface area contributed by atoms with Crippen LogP contribution in [0.3, 0.4) is 0 Å². The molecule has 0 aromatic carbocycles. The molecule has 1 fully saturated rings. The third kappa shape index (κ3) is 3.68. The van der Waals surface area contributed by atoms with E-state index in [1.54, 1.807) is 23.0 Å².